The zero-order valence-corrected chi connectivity index (χ0v) is 13.0. The molecule has 0 saturated carbocycles. The second-order valence-corrected chi connectivity index (χ2v) is 4.87. The van der Waals surface area contributed by atoms with E-state index in [0.29, 0.717) is 24.5 Å². The SMILES string of the molecule is CCOc1ccccc1C(=O)NCC(=O)NCc1ccccc1. The molecule has 0 heterocycles. The molecule has 0 aliphatic carbocycles. The molecule has 2 rings (SSSR count). The number of carbonyl (C=O) groups is 2. The highest BCUT2D eigenvalue weighted by atomic mass is 16.5. The van der Waals surface area contributed by atoms with Crippen molar-refractivity contribution in [3.63, 3.8) is 0 Å². The fourth-order valence-electron chi connectivity index (χ4n) is 2.05. The zero-order chi connectivity index (χ0) is 16.5. The molecule has 0 bridgehead atoms. The van der Waals surface area contributed by atoms with Crippen molar-refractivity contribution in [3.8, 4) is 5.75 Å². The smallest absolute Gasteiger partial charge is 0.255 e. The fraction of sp³-hybridized carbons (Fsp3) is 0.222. The van der Waals surface area contributed by atoms with Crippen LogP contribution in [-0.4, -0.2) is 25.0 Å². The lowest BCUT2D eigenvalue weighted by Crippen LogP contribution is -2.36. The third-order valence-corrected chi connectivity index (χ3v) is 3.17. The van der Waals surface area contributed by atoms with Crippen molar-refractivity contribution in [1.29, 1.82) is 0 Å². The minimum atomic E-state index is -0.330. The number of rotatable bonds is 7. The van der Waals surface area contributed by atoms with Crippen LogP contribution < -0.4 is 15.4 Å². The highest BCUT2D eigenvalue weighted by Gasteiger charge is 2.12. The Morgan fingerprint density at radius 3 is 2.39 bits per heavy atom. The molecule has 0 fully saturated rings. The van der Waals surface area contributed by atoms with Crippen LogP contribution in [0.15, 0.2) is 54.6 Å². The number of nitrogens with one attached hydrogen (secondary N) is 2. The molecular weight excluding hydrogens is 292 g/mol. The second-order valence-electron chi connectivity index (χ2n) is 4.87. The van der Waals surface area contributed by atoms with Crippen LogP contribution in [0, 0.1) is 0 Å². The van der Waals surface area contributed by atoms with Gasteiger partial charge in [0.05, 0.1) is 18.7 Å². The van der Waals surface area contributed by atoms with E-state index in [-0.39, 0.29) is 18.4 Å². The molecule has 0 spiro atoms. The van der Waals surface area contributed by atoms with E-state index in [1.165, 1.54) is 0 Å². The molecule has 0 atom stereocenters. The predicted octanol–water partition coefficient (Wildman–Crippen LogP) is 2.13. The first kappa shape index (κ1) is 16.5. The van der Waals surface area contributed by atoms with Gasteiger partial charge in [0.15, 0.2) is 0 Å². The van der Waals surface area contributed by atoms with Crippen LogP contribution in [0.5, 0.6) is 5.75 Å². The van der Waals surface area contributed by atoms with Crippen molar-refractivity contribution < 1.29 is 14.3 Å². The van der Waals surface area contributed by atoms with E-state index >= 15 is 0 Å². The average Bonchev–Trinajstić information content (AvgIpc) is 2.59. The van der Waals surface area contributed by atoms with Gasteiger partial charge >= 0.3 is 0 Å². The van der Waals surface area contributed by atoms with Crippen molar-refractivity contribution in [2.75, 3.05) is 13.2 Å². The van der Waals surface area contributed by atoms with E-state index < -0.39 is 0 Å². The highest BCUT2D eigenvalue weighted by molar-refractivity contribution is 5.98. The molecule has 2 N–H and O–H groups in total. The van der Waals surface area contributed by atoms with Crippen molar-refractivity contribution >= 4 is 11.8 Å². The Labute approximate surface area is 135 Å². The van der Waals surface area contributed by atoms with Gasteiger partial charge in [0.25, 0.3) is 5.91 Å². The number of para-hydroxylation sites is 1. The van der Waals surface area contributed by atoms with E-state index in [2.05, 4.69) is 10.6 Å². The lowest BCUT2D eigenvalue weighted by Gasteiger charge is -2.10. The summed E-state index contributed by atoms with van der Waals surface area (Å²) < 4.78 is 5.41. The van der Waals surface area contributed by atoms with Gasteiger partial charge < -0.3 is 15.4 Å². The summed E-state index contributed by atoms with van der Waals surface area (Å²) in [6.45, 7) is 2.69. The maximum absolute atomic E-state index is 12.1. The number of hydrogen-bond acceptors (Lipinski definition) is 3. The first-order valence-electron chi connectivity index (χ1n) is 7.51. The number of benzene rings is 2. The van der Waals surface area contributed by atoms with Gasteiger partial charge in [0.1, 0.15) is 5.75 Å². The summed E-state index contributed by atoms with van der Waals surface area (Å²) in [5.74, 6) is -0.0581. The summed E-state index contributed by atoms with van der Waals surface area (Å²) >= 11 is 0. The summed E-state index contributed by atoms with van der Waals surface area (Å²) in [6.07, 6.45) is 0. The quantitative estimate of drug-likeness (QED) is 0.823. The molecule has 23 heavy (non-hydrogen) atoms. The molecule has 0 aliphatic heterocycles. The molecular formula is C18H20N2O3. The first-order chi connectivity index (χ1) is 11.2. The molecule has 0 aliphatic rings. The largest absolute Gasteiger partial charge is 0.493 e. The highest BCUT2D eigenvalue weighted by Crippen LogP contribution is 2.17. The Morgan fingerprint density at radius 2 is 1.65 bits per heavy atom. The van der Waals surface area contributed by atoms with Crippen molar-refractivity contribution in [1.82, 2.24) is 10.6 Å². The van der Waals surface area contributed by atoms with Crippen LogP contribution >= 0.6 is 0 Å². The lowest BCUT2D eigenvalue weighted by molar-refractivity contribution is -0.120. The summed E-state index contributed by atoms with van der Waals surface area (Å²) in [4.78, 5) is 24.0. The summed E-state index contributed by atoms with van der Waals surface area (Å²) in [5, 5.41) is 5.36. The normalized spacial score (nSPS) is 9.96. The minimum Gasteiger partial charge on any atom is -0.493 e. The third kappa shape index (κ3) is 5.14. The maximum atomic E-state index is 12.1. The first-order valence-corrected chi connectivity index (χ1v) is 7.51. The standard InChI is InChI=1S/C18H20N2O3/c1-2-23-16-11-7-6-10-15(16)18(22)20-13-17(21)19-12-14-8-4-3-5-9-14/h3-11H,2,12-13H2,1H3,(H,19,21)(H,20,22). The summed E-state index contributed by atoms with van der Waals surface area (Å²) in [7, 11) is 0. The number of carbonyl (C=O) groups excluding carboxylic acids is 2. The Balaban J connectivity index is 1.83. The molecule has 120 valence electrons. The molecule has 0 radical (unpaired) electrons. The van der Waals surface area contributed by atoms with E-state index in [1.807, 2.05) is 37.3 Å². The Kier molecular flexibility index (Phi) is 6.17. The molecule has 2 aromatic rings. The number of hydrogen-bond donors (Lipinski definition) is 2. The number of ether oxygens (including phenoxy) is 1. The van der Waals surface area contributed by atoms with Crippen molar-refractivity contribution in [2.24, 2.45) is 0 Å². The van der Waals surface area contributed by atoms with Crippen LogP contribution in [-0.2, 0) is 11.3 Å². The third-order valence-electron chi connectivity index (χ3n) is 3.17. The zero-order valence-electron chi connectivity index (χ0n) is 13.0. The molecule has 0 unspecified atom stereocenters. The molecule has 5 nitrogen and oxygen atoms in total. The lowest BCUT2D eigenvalue weighted by atomic mass is 10.2. The van der Waals surface area contributed by atoms with Gasteiger partial charge in [-0.3, -0.25) is 9.59 Å². The van der Waals surface area contributed by atoms with Crippen LogP contribution in [0.1, 0.15) is 22.8 Å². The minimum absolute atomic E-state index is 0.0773. The van der Waals surface area contributed by atoms with E-state index in [0.717, 1.165) is 5.56 Å². The average molecular weight is 312 g/mol. The summed E-state index contributed by atoms with van der Waals surface area (Å²) in [5.41, 5.74) is 1.43. The molecule has 2 aromatic carbocycles. The Morgan fingerprint density at radius 1 is 0.957 bits per heavy atom. The van der Waals surface area contributed by atoms with Gasteiger partial charge in [0, 0.05) is 6.54 Å². The second kappa shape index (κ2) is 8.58. The number of amides is 2. The van der Waals surface area contributed by atoms with Gasteiger partial charge in [-0.25, -0.2) is 0 Å². The van der Waals surface area contributed by atoms with E-state index in [9.17, 15) is 9.59 Å². The van der Waals surface area contributed by atoms with Gasteiger partial charge in [-0.05, 0) is 24.6 Å². The van der Waals surface area contributed by atoms with Crippen LogP contribution in [0.25, 0.3) is 0 Å². The monoisotopic (exact) mass is 312 g/mol. The van der Waals surface area contributed by atoms with Crippen molar-refractivity contribution in [2.45, 2.75) is 13.5 Å². The fourth-order valence-corrected chi connectivity index (χ4v) is 2.05. The topological polar surface area (TPSA) is 67.4 Å². The molecule has 0 aromatic heterocycles. The van der Waals surface area contributed by atoms with Gasteiger partial charge in [-0.1, -0.05) is 42.5 Å². The van der Waals surface area contributed by atoms with Crippen LogP contribution in [0.3, 0.4) is 0 Å². The van der Waals surface area contributed by atoms with Crippen LogP contribution in [0.4, 0.5) is 0 Å². The van der Waals surface area contributed by atoms with Gasteiger partial charge in [-0.2, -0.15) is 0 Å². The molecule has 5 heteroatoms. The summed E-state index contributed by atoms with van der Waals surface area (Å²) in [6, 6.07) is 16.6. The Bertz CT molecular complexity index is 656. The maximum Gasteiger partial charge on any atom is 0.255 e. The molecule has 2 amide bonds. The van der Waals surface area contributed by atoms with Crippen molar-refractivity contribution in [3.05, 3.63) is 65.7 Å². The van der Waals surface area contributed by atoms with E-state index in [1.54, 1.807) is 24.3 Å². The predicted molar refractivity (Wildman–Crippen MR) is 88.2 cm³/mol. The Hall–Kier alpha value is -2.82. The van der Waals surface area contributed by atoms with Gasteiger partial charge in [0.2, 0.25) is 5.91 Å². The van der Waals surface area contributed by atoms with E-state index in [4.69, 9.17) is 4.74 Å². The molecule has 0 saturated heterocycles. The van der Waals surface area contributed by atoms with Crippen LogP contribution in [0.2, 0.25) is 0 Å². The van der Waals surface area contributed by atoms with Gasteiger partial charge in [-0.15, -0.1) is 0 Å².